The Morgan fingerprint density at radius 3 is 2.48 bits per heavy atom. The lowest BCUT2D eigenvalue weighted by atomic mass is 10.0. The number of nitrogens with zero attached hydrogens (tertiary/aromatic N) is 1. The number of hydrogen-bond acceptors (Lipinski definition) is 3. The van der Waals surface area contributed by atoms with Crippen LogP contribution in [0.5, 0.6) is 5.75 Å². The molecule has 0 radical (unpaired) electrons. The summed E-state index contributed by atoms with van der Waals surface area (Å²) in [6.45, 7) is 4.02. The largest absolute Gasteiger partial charge is 0.487 e. The van der Waals surface area contributed by atoms with Gasteiger partial charge in [0.1, 0.15) is 6.10 Å². The normalized spacial score (nSPS) is 17.2. The van der Waals surface area contributed by atoms with Crippen molar-refractivity contribution in [3.8, 4) is 5.75 Å². The van der Waals surface area contributed by atoms with Crippen molar-refractivity contribution in [1.29, 1.82) is 0 Å². The van der Waals surface area contributed by atoms with Crippen LogP contribution in [0.25, 0.3) is 0 Å². The van der Waals surface area contributed by atoms with E-state index in [-0.39, 0.29) is 17.4 Å². The van der Waals surface area contributed by atoms with Gasteiger partial charge in [0.25, 0.3) is 0 Å². The molecule has 4 nitrogen and oxygen atoms in total. The van der Waals surface area contributed by atoms with Crippen molar-refractivity contribution in [2.75, 3.05) is 13.1 Å². The molecule has 5 heteroatoms. The molecule has 1 atom stereocenters. The fourth-order valence-electron chi connectivity index (χ4n) is 3.25. The molecular weight excluding hydrogens is 319 g/mol. The number of amides is 1. The molecule has 25 heavy (non-hydrogen) atoms. The van der Waals surface area contributed by atoms with E-state index in [0.29, 0.717) is 6.04 Å². The Bertz CT molecular complexity index is 728. The zero-order valence-corrected chi connectivity index (χ0v) is 14.3. The molecule has 3 rings (SSSR count). The molecule has 0 spiro atoms. The quantitative estimate of drug-likeness (QED) is 0.904. The van der Waals surface area contributed by atoms with Crippen LogP contribution in [0.2, 0.25) is 0 Å². The molecule has 1 heterocycles. The second kappa shape index (κ2) is 7.66. The highest BCUT2D eigenvalue weighted by atomic mass is 19.1. The third-order valence-electron chi connectivity index (χ3n) is 4.82. The Hall–Kier alpha value is -2.40. The van der Waals surface area contributed by atoms with Crippen LogP contribution in [-0.2, 0) is 0 Å². The number of nitrogens with two attached hydrogens (primary N) is 1. The van der Waals surface area contributed by atoms with Gasteiger partial charge in [0.2, 0.25) is 5.91 Å². The summed E-state index contributed by atoms with van der Waals surface area (Å²) in [5, 5.41) is 0. The van der Waals surface area contributed by atoms with Crippen LogP contribution in [0.15, 0.2) is 48.5 Å². The number of benzene rings is 2. The molecule has 1 amide bonds. The summed E-state index contributed by atoms with van der Waals surface area (Å²) in [6, 6.07) is 14.9. The number of carbonyl (C=O) groups excluding carboxylic acids is 1. The topological polar surface area (TPSA) is 55.6 Å². The van der Waals surface area contributed by atoms with Crippen LogP contribution >= 0.6 is 0 Å². The van der Waals surface area contributed by atoms with Gasteiger partial charge in [0.05, 0.1) is 0 Å². The number of primary amides is 1. The Labute approximate surface area is 147 Å². The second-order valence-corrected chi connectivity index (χ2v) is 6.45. The van der Waals surface area contributed by atoms with E-state index in [1.165, 1.54) is 17.7 Å². The van der Waals surface area contributed by atoms with Crippen LogP contribution in [0.4, 0.5) is 4.39 Å². The predicted octanol–water partition coefficient (Wildman–Crippen LogP) is 3.53. The van der Waals surface area contributed by atoms with Crippen molar-refractivity contribution in [1.82, 2.24) is 4.90 Å². The fourth-order valence-corrected chi connectivity index (χ4v) is 3.25. The zero-order valence-electron chi connectivity index (χ0n) is 14.3. The molecule has 2 N–H and O–H groups in total. The highest BCUT2D eigenvalue weighted by Crippen LogP contribution is 2.27. The smallest absolute Gasteiger partial charge is 0.248 e. The van der Waals surface area contributed by atoms with Gasteiger partial charge in [-0.15, -0.1) is 0 Å². The molecular formula is C20H23FN2O2. The van der Waals surface area contributed by atoms with Gasteiger partial charge in [-0.3, -0.25) is 9.69 Å². The van der Waals surface area contributed by atoms with Crippen LogP contribution < -0.4 is 10.5 Å². The van der Waals surface area contributed by atoms with E-state index in [9.17, 15) is 9.18 Å². The third-order valence-corrected chi connectivity index (χ3v) is 4.82. The van der Waals surface area contributed by atoms with E-state index in [2.05, 4.69) is 36.1 Å². The number of halogens is 1. The van der Waals surface area contributed by atoms with E-state index in [1.54, 1.807) is 0 Å². The number of carbonyl (C=O) groups is 1. The summed E-state index contributed by atoms with van der Waals surface area (Å²) in [5.74, 6) is -1.01. The van der Waals surface area contributed by atoms with E-state index >= 15 is 0 Å². The molecule has 0 saturated carbocycles. The zero-order chi connectivity index (χ0) is 17.8. The summed E-state index contributed by atoms with van der Waals surface area (Å²) in [6.07, 6.45) is 1.66. The molecule has 2 aromatic carbocycles. The average Bonchev–Trinajstić information content (AvgIpc) is 2.64. The van der Waals surface area contributed by atoms with Gasteiger partial charge in [-0.25, -0.2) is 4.39 Å². The first-order chi connectivity index (χ1) is 12.0. The first-order valence-corrected chi connectivity index (χ1v) is 8.59. The summed E-state index contributed by atoms with van der Waals surface area (Å²) in [7, 11) is 0. The fraction of sp³-hybridized carbons (Fsp3) is 0.350. The van der Waals surface area contributed by atoms with Crippen LogP contribution in [0.3, 0.4) is 0 Å². The van der Waals surface area contributed by atoms with Crippen LogP contribution in [0.1, 0.15) is 41.7 Å². The Morgan fingerprint density at radius 1 is 1.20 bits per heavy atom. The van der Waals surface area contributed by atoms with Crippen molar-refractivity contribution < 1.29 is 13.9 Å². The number of ether oxygens (including phenoxy) is 1. The van der Waals surface area contributed by atoms with E-state index in [0.717, 1.165) is 32.0 Å². The molecule has 1 saturated heterocycles. The number of likely N-dealkylation sites (tertiary alicyclic amines) is 1. The van der Waals surface area contributed by atoms with Crippen molar-refractivity contribution in [2.24, 2.45) is 5.73 Å². The van der Waals surface area contributed by atoms with Gasteiger partial charge in [-0.05, 0) is 43.5 Å². The minimum absolute atomic E-state index is 0.0202. The van der Waals surface area contributed by atoms with Crippen molar-refractivity contribution in [3.63, 3.8) is 0 Å². The Morgan fingerprint density at radius 2 is 1.88 bits per heavy atom. The maximum atomic E-state index is 14.0. The number of hydrogen-bond donors (Lipinski definition) is 1. The van der Waals surface area contributed by atoms with Gasteiger partial charge >= 0.3 is 0 Å². The maximum Gasteiger partial charge on any atom is 0.248 e. The molecule has 2 aromatic rings. The minimum atomic E-state index is -0.645. The van der Waals surface area contributed by atoms with Gasteiger partial charge in [0, 0.05) is 24.7 Å². The van der Waals surface area contributed by atoms with Gasteiger partial charge < -0.3 is 10.5 Å². The second-order valence-electron chi connectivity index (χ2n) is 6.45. The molecule has 0 aromatic heterocycles. The summed E-state index contributed by atoms with van der Waals surface area (Å²) in [5.41, 5.74) is 6.61. The highest BCUT2D eigenvalue weighted by molar-refractivity contribution is 5.92. The monoisotopic (exact) mass is 342 g/mol. The van der Waals surface area contributed by atoms with E-state index in [4.69, 9.17) is 10.5 Å². The Balaban J connectivity index is 1.57. The van der Waals surface area contributed by atoms with Crippen molar-refractivity contribution in [2.45, 2.75) is 31.9 Å². The molecule has 0 bridgehead atoms. The lowest BCUT2D eigenvalue weighted by Gasteiger charge is -2.36. The predicted molar refractivity (Wildman–Crippen MR) is 95.0 cm³/mol. The third kappa shape index (κ3) is 4.17. The SMILES string of the molecule is CC(c1ccccc1)N1CCC(Oc2ccc(C(N)=O)cc2F)CC1. The number of piperidine rings is 1. The highest BCUT2D eigenvalue weighted by Gasteiger charge is 2.25. The molecule has 1 aliphatic rings. The Kier molecular flexibility index (Phi) is 5.34. The molecule has 1 fully saturated rings. The standard InChI is InChI=1S/C20H23FN2O2/c1-14(15-5-3-2-4-6-15)23-11-9-17(10-12-23)25-19-8-7-16(20(22)24)13-18(19)21/h2-8,13-14,17H,9-12H2,1H3,(H2,22,24). The molecule has 132 valence electrons. The summed E-state index contributed by atoms with van der Waals surface area (Å²) in [4.78, 5) is 13.5. The first-order valence-electron chi connectivity index (χ1n) is 8.59. The summed E-state index contributed by atoms with van der Waals surface area (Å²) >= 11 is 0. The molecule has 1 unspecified atom stereocenters. The van der Waals surface area contributed by atoms with Crippen molar-refractivity contribution >= 4 is 5.91 Å². The lowest BCUT2D eigenvalue weighted by Crippen LogP contribution is -2.39. The minimum Gasteiger partial charge on any atom is -0.487 e. The van der Waals surface area contributed by atoms with E-state index in [1.807, 2.05) is 6.07 Å². The maximum absolute atomic E-state index is 14.0. The number of rotatable bonds is 5. The first kappa shape index (κ1) is 17.4. The van der Waals surface area contributed by atoms with E-state index < -0.39 is 11.7 Å². The van der Waals surface area contributed by atoms with Gasteiger partial charge in [-0.1, -0.05) is 30.3 Å². The average molecular weight is 342 g/mol. The van der Waals surface area contributed by atoms with Crippen molar-refractivity contribution in [3.05, 3.63) is 65.5 Å². The lowest BCUT2D eigenvalue weighted by molar-refractivity contribution is 0.0771. The molecule has 0 aliphatic carbocycles. The van der Waals surface area contributed by atoms with Crippen LogP contribution in [0, 0.1) is 5.82 Å². The van der Waals surface area contributed by atoms with Crippen LogP contribution in [-0.4, -0.2) is 30.0 Å². The molecule has 1 aliphatic heterocycles. The van der Waals surface area contributed by atoms with Gasteiger partial charge in [0.15, 0.2) is 11.6 Å². The summed E-state index contributed by atoms with van der Waals surface area (Å²) < 4.78 is 19.8. The van der Waals surface area contributed by atoms with Gasteiger partial charge in [-0.2, -0.15) is 0 Å².